The number of thiophene rings is 1. The second kappa shape index (κ2) is 7.04. The van der Waals surface area contributed by atoms with Crippen molar-refractivity contribution in [2.45, 2.75) is 32.6 Å². The second-order valence-electron chi connectivity index (χ2n) is 4.92. The van der Waals surface area contributed by atoms with E-state index in [1.165, 1.54) is 44.1 Å². The van der Waals surface area contributed by atoms with Crippen molar-refractivity contribution in [3.63, 3.8) is 0 Å². The fraction of sp³-hybridized carbons (Fsp3) is 0.571. The van der Waals surface area contributed by atoms with Crippen LogP contribution in [-0.2, 0) is 4.74 Å². The minimum absolute atomic E-state index is 0.324. The molecule has 1 fully saturated rings. The van der Waals surface area contributed by atoms with Gasteiger partial charge in [-0.1, -0.05) is 12.8 Å². The van der Waals surface area contributed by atoms with Crippen molar-refractivity contribution in [1.82, 2.24) is 4.90 Å². The summed E-state index contributed by atoms with van der Waals surface area (Å²) in [7, 11) is 1.40. The maximum Gasteiger partial charge on any atom is 0.340 e. The molecule has 1 aromatic rings. The summed E-state index contributed by atoms with van der Waals surface area (Å²) in [5, 5.41) is 4.71. The van der Waals surface area contributed by atoms with E-state index in [-0.39, 0.29) is 5.97 Å². The quantitative estimate of drug-likeness (QED) is 0.669. The highest BCUT2D eigenvalue weighted by molar-refractivity contribution is 7.80. The summed E-state index contributed by atoms with van der Waals surface area (Å²) in [6.45, 7) is 3.95. The highest BCUT2D eigenvalue weighted by Crippen LogP contribution is 2.28. The Kier molecular flexibility index (Phi) is 5.37. The van der Waals surface area contributed by atoms with Gasteiger partial charge in [-0.25, -0.2) is 4.79 Å². The van der Waals surface area contributed by atoms with E-state index in [1.54, 1.807) is 0 Å². The van der Waals surface area contributed by atoms with Crippen molar-refractivity contribution in [2.75, 3.05) is 25.5 Å². The maximum absolute atomic E-state index is 11.7. The molecule has 0 unspecified atom stereocenters. The van der Waals surface area contributed by atoms with Gasteiger partial charge < -0.3 is 15.0 Å². The molecule has 110 valence electrons. The number of thiocarbonyl (C=S) groups is 1. The van der Waals surface area contributed by atoms with E-state index in [9.17, 15) is 4.79 Å². The molecular formula is C14H20N2O2S2. The Balaban J connectivity index is 2.08. The topological polar surface area (TPSA) is 41.6 Å². The minimum Gasteiger partial charge on any atom is -0.465 e. The smallest absolute Gasteiger partial charge is 0.340 e. The molecule has 0 amide bonds. The highest BCUT2D eigenvalue weighted by atomic mass is 32.1. The van der Waals surface area contributed by atoms with Crippen LogP contribution in [0.1, 0.15) is 40.9 Å². The van der Waals surface area contributed by atoms with E-state index in [1.807, 2.05) is 13.0 Å². The first-order valence-electron chi connectivity index (χ1n) is 6.86. The normalized spacial score (nSPS) is 15.6. The molecule has 0 saturated carbocycles. The van der Waals surface area contributed by atoms with Gasteiger partial charge in [0.2, 0.25) is 0 Å². The van der Waals surface area contributed by atoms with Gasteiger partial charge in [-0.3, -0.25) is 0 Å². The number of nitrogens with one attached hydrogen (secondary N) is 1. The SMILES string of the molecule is COC(=O)c1cc(C)sc1NC(=S)N1CCCCCC1. The average molecular weight is 312 g/mol. The summed E-state index contributed by atoms with van der Waals surface area (Å²) in [6.07, 6.45) is 4.89. The number of anilines is 1. The van der Waals surface area contributed by atoms with E-state index in [2.05, 4.69) is 10.2 Å². The molecule has 1 aliphatic heterocycles. The number of ether oxygens (including phenoxy) is 1. The summed E-state index contributed by atoms with van der Waals surface area (Å²) >= 11 is 7.01. The first-order chi connectivity index (χ1) is 9.61. The summed E-state index contributed by atoms with van der Waals surface area (Å²) in [5.74, 6) is -0.324. The molecular weight excluding hydrogens is 292 g/mol. The third-order valence-corrected chi connectivity index (χ3v) is 4.70. The van der Waals surface area contributed by atoms with Crippen LogP contribution in [0.5, 0.6) is 0 Å². The van der Waals surface area contributed by atoms with Crippen molar-refractivity contribution >= 4 is 39.6 Å². The third-order valence-electron chi connectivity index (χ3n) is 3.37. The van der Waals surface area contributed by atoms with E-state index in [0.717, 1.165) is 23.0 Å². The number of likely N-dealkylation sites (tertiary alicyclic amines) is 1. The third kappa shape index (κ3) is 3.70. The first-order valence-corrected chi connectivity index (χ1v) is 8.09. The molecule has 1 aromatic heterocycles. The predicted molar refractivity (Wildman–Crippen MR) is 86.7 cm³/mol. The molecule has 4 nitrogen and oxygen atoms in total. The zero-order valence-corrected chi connectivity index (χ0v) is 13.5. The Morgan fingerprint density at radius 2 is 2.00 bits per heavy atom. The van der Waals surface area contributed by atoms with Gasteiger partial charge in [0.25, 0.3) is 0 Å². The van der Waals surface area contributed by atoms with Crippen LogP contribution in [0.25, 0.3) is 0 Å². The molecule has 0 aliphatic carbocycles. The molecule has 1 aliphatic rings. The van der Waals surface area contributed by atoms with Gasteiger partial charge in [0.15, 0.2) is 5.11 Å². The van der Waals surface area contributed by atoms with Crippen LogP contribution >= 0.6 is 23.6 Å². The zero-order valence-electron chi connectivity index (χ0n) is 11.9. The van der Waals surface area contributed by atoms with E-state index < -0.39 is 0 Å². The lowest BCUT2D eigenvalue weighted by Gasteiger charge is -2.23. The average Bonchev–Trinajstić information content (AvgIpc) is 2.67. The molecule has 1 saturated heterocycles. The molecule has 0 aromatic carbocycles. The Morgan fingerprint density at radius 1 is 1.35 bits per heavy atom. The lowest BCUT2D eigenvalue weighted by Crippen LogP contribution is -2.35. The summed E-state index contributed by atoms with van der Waals surface area (Å²) in [6, 6.07) is 1.84. The number of hydrogen-bond acceptors (Lipinski definition) is 4. The van der Waals surface area contributed by atoms with Gasteiger partial charge in [0.1, 0.15) is 5.00 Å². The van der Waals surface area contributed by atoms with Crippen LogP contribution in [0.15, 0.2) is 6.07 Å². The monoisotopic (exact) mass is 312 g/mol. The van der Waals surface area contributed by atoms with E-state index in [4.69, 9.17) is 17.0 Å². The fourth-order valence-electron chi connectivity index (χ4n) is 2.32. The van der Waals surface area contributed by atoms with Crippen molar-refractivity contribution in [3.05, 3.63) is 16.5 Å². The van der Waals surface area contributed by atoms with Gasteiger partial charge in [-0.2, -0.15) is 0 Å². The summed E-state index contributed by atoms with van der Waals surface area (Å²) in [4.78, 5) is 15.0. The van der Waals surface area contributed by atoms with Crippen molar-refractivity contribution in [3.8, 4) is 0 Å². The Bertz CT molecular complexity index is 491. The Labute approximate surface area is 129 Å². The van der Waals surface area contributed by atoms with E-state index >= 15 is 0 Å². The standard InChI is InChI=1S/C14H20N2O2S2/c1-10-9-11(13(17)18-2)12(20-10)15-14(19)16-7-5-3-4-6-8-16/h9H,3-8H2,1-2H3,(H,15,19). The minimum atomic E-state index is -0.324. The first kappa shape index (κ1) is 15.3. The number of methoxy groups -OCH3 is 1. The van der Waals surface area contributed by atoms with Crippen molar-refractivity contribution in [1.29, 1.82) is 0 Å². The van der Waals surface area contributed by atoms with Crippen LogP contribution in [-0.4, -0.2) is 36.2 Å². The number of carbonyl (C=O) groups is 1. The Hall–Kier alpha value is -1.14. The lowest BCUT2D eigenvalue weighted by molar-refractivity contribution is 0.0602. The van der Waals surface area contributed by atoms with Crippen LogP contribution in [0, 0.1) is 6.92 Å². The van der Waals surface area contributed by atoms with Crippen LogP contribution < -0.4 is 5.32 Å². The molecule has 20 heavy (non-hydrogen) atoms. The number of esters is 1. The molecule has 2 heterocycles. The predicted octanol–water partition coefficient (Wildman–Crippen LogP) is 3.42. The van der Waals surface area contributed by atoms with Gasteiger partial charge in [-0.15, -0.1) is 11.3 Å². The summed E-state index contributed by atoms with van der Waals surface area (Å²) < 4.78 is 4.81. The van der Waals surface area contributed by atoms with Gasteiger partial charge in [-0.05, 0) is 38.0 Å². The number of carbonyl (C=O) groups excluding carboxylic acids is 1. The molecule has 2 rings (SSSR count). The Morgan fingerprint density at radius 3 is 2.60 bits per heavy atom. The molecule has 0 spiro atoms. The molecule has 0 atom stereocenters. The van der Waals surface area contributed by atoms with Crippen LogP contribution in [0.2, 0.25) is 0 Å². The van der Waals surface area contributed by atoms with Crippen molar-refractivity contribution in [2.24, 2.45) is 0 Å². The fourth-order valence-corrected chi connectivity index (χ4v) is 3.57. The van der Waals surface area contributed by atoms with Gasteiger partial charge in [0.05, 0.1) is 12.7 Å². The molecule has 0 radical (unpaired) electrons. The molecule has 1 N–H and O–H groups in total. The van der Waals surface area contributed by atoms with Crippen LogP contribution in [0.4, 0.5) is 5.00 Å². The van der Waals surface area contributed by atoms with Gasteiger partial charge in [0, 0.05) is 18.0 Å². The second-order valence-corrected chi connectivity index (χ2v) is 6.57. The largest absolute Gasteiger partial charge is 0.465 e. The molecule has 0 bridgehead atoms. The number of aryl methyl sites for hydroxylation is 1. The summed E-state index contributed by atoms with van der Waals surface area (Å²) in [5.41, 5.74) is 0.562. The lowest BCUT2D eigenvalue weighted by atomic mass is 10.2. The highest BCUT2D eigenvalue weighted by Gasteiger charge is 2.18. The maximum atomic E-state index is 11.7. The number of hydrogen-bond donors (Lipinski definition) is 1. The zero-order chi connectivity index (χ0) is 14.5. The van der Waals surface area contributed by atoms with Crippen LogP contribution in [0.3, 0.4) is 0 Å². The molecule has 6 heteroatoms. The van der Waals surface area contributed by atoms with Gasteiger partial charge >= 0.3 is 5.97 Å². The number of nitrogens with zero attached hydrogens (tertiary/aromatic N) is 1. The van der Waals surface area contributed by atoms with E-state index in [0.29, 0.717) is 10.7 Å². The van der Waals surface area contributed by atoms with Crippen molar-refractivity contribution < 1.29 is 9.53 Å². The number of rotatable bonds is 2.